The molecular weight excluding hydrogens is 270 g/mol. The van der Waals surface area contributed by atoms with Crippen molar-refractivity contribution < 1.29 is 9.66 Å². The van der Waals surface area contributed by atoms with Crippen LogP contribution in [0.25, 0.3) is 0 Å². The van der Waals surface area contributed by atoms with Gasteiger partial charge < -0.3 is 10.1 Å². The maximum atomic E-state index is 11.1. The number of nitrogens with one attached hydrogen (secondary N) is 1. The summed E-state index contributed by atoms with van der Waals surface area (Å²) in [6.07, 6.45) is 3.28. The topological polar surface area (TPSA) is 77.3 Å². The standard InChI is InChI=1S/C15H17N3O3/c1-3-16-8-12-7-13(10-17-9-12)21-14-6-4-5-11(2)15(14)18(19)20/h4-7,9-10,16H,3,8H2,1-2H3. The number of nitro groups is 1. The molecule has 0 spiro atoms. The smallest absolute Gasteiger partial charge is 0.314 e. The van der Waals surface area contributed by atoms with Gasteiger partial charge in [0, 0.05) is 18.3 Å². The number of para-hydroxylation sites is 1. The molecule has 0 aliphatic carbocycles. The van der Waals surface area contributed by atoms with Crippen LogP contribution in [0, 0.1) is 17.0 Å². The average Bonchev–Trinajstić information content (AvgIpc) is 2.45. The number of pyridine rings is 1. The number of hydrogen-bond acceptors (Lipinski definition) is 5. The Labute approximate surface area is 122 Å². The summed E-state index contributed by atoms with van der Waals surface area (Å²) in [5.41, 5.74) is 1.51. The van der Waals surface area contributed by atoms with E-state index in [4.69, 9.17) is 4.74 Å². The Kier molecular flexibility index (Phi) is 4.84. The quantitative estimate of drug-likeness (QED) is 0.652. The molecule has 1 N–H and O–H groups in total. The fourth-order valence-electron chi connectivity index (χ4n) is 1.96. The van der Waals surface area contributed by atoms with Crippen LogP contribution in [-0.2, 0) is 6.54 Å². The minimum atomic E-state index is -0.430. The molecule has 110 valence electrons. The van der Waals surface area contributed by atoms with Gasteiger partial charge in [-0.15, -0.1) is 0 Å². The molecule has 6 nitrogen and oxygen atoms in total. The lowest BCUT2D eigenvalue weighted by molar-refractivity contribution is -0.386. The molecule has 0 atom stereocenters. The van der Waals surface area contributed by atoms with Crippen molar-refractivity contribution in [1.82, 2.24) is 10.3 Å². The number of benzene rings is 1. The third kappa shape index (κ3) is 3.76. The van der Waals surface area contributed by atoms with Gasteiger partial charge in [-0.05, 0) is 31.2 Å². The van der Waals surface area contributed by atoms with E-state index in [0.717, 1.165) is 12.1 Å². The molecule has 21 heavy (non-hydrogen) atoms. The van der Waals surface area contributed by atoms with Crippen LogP contribution in [0.5, 0.6) is 11.5 Å². The summed E-state index contributed by atoms with van der Waals surface area (Å²) in [5.74, 6) is 0.710. The molecule has 1 heterocycles. The average molecular weight is 287 g/mol. The van der Waals surface area contributed by atoms with Crippen molar-refractivity contribution in [2.75, 3.05) is 6.54 Å². The predicted molar refractivity (Wildman–Crippen MR) is 79.5 cm³/mol. The Morgan fingerprint density at radius 2 is 2.19 bits per heavy atom. The van der Waals surface area contributed by atoms with Crippen molar-refractivity contribution in [1.29, 1.82) is 0 Å². The zero-order valence-electron chi connectivity index (χ0n) is 12.0. The third-order valence-corrected chi connectivity index (χ3v) is 2.96. The van der Waals surface area contributed by atoms with Gasteiger partial charge in [-0.2, -0.15) is 0 Å². The zero-order chi connectivity index (χ0) is 15.2. The summed E-state index contributed by atoms with van der Waals surface area (Å²) < 4.78 is 5.64. The molecule has 0 aliphatic rings. The maximum absolute atomic E-state index is 11.1. The van der Waals surface area contributed by atoms with E-state index in [1.165, 1.54) is 0 Å². The molecule has 0 aliphatic heterocycles. The Balaban J connectivity index is 2.26. The molecule has 1 aromatic heterocycles. The van der Waals surface area contributed by atoms with E-state index in [9.17, 15) is 10.1 Å². The van der Waals surface area contributed by atoms with Gasteiger partial charge >= 0.3 is 5.69 Å². The van der Waals surface area contributed by atoms with E-state index in [0.29, 0.717) is 17.9 Å². The third-order valence-electron chi connectivity index (χ3n) is 2.96. The second kappa shape index (κ2) is 6.81. The molecule has 0 fully saturated rings. The van der Waals surface area contributed by atoms with Crippen molar-refractivity contribution >= 4 is 5.69 Å². The van der Waals surface area contributed by atoms with E-state index in [2.05, 4.69) is 10.3 Å². The summed E-state index contributed by atoms with van der Waals surface area (Å²) in [5, 5.41) is 14.3. The molecule has 0 radical (unpaired) electrons. The minimum Gasteiger partial charge on any atom is -0.448 e. The highest BCUT2D eigenvalue weighted by Crippen LogP contribution is 2.33. The van der Waals surface area contributed by atoms with Gasteiger partial charge in [0.1, 0.15) is 5.75 Å². The van der Waals surface area contributed by atoms with Crippen LogP contribution in [0.3, 0.4) is 0 Å². The van der Waals surface area contributed by atoms with Crippen LogP contribution in [0.15, 0.2) is 36.7 Å². The van der Waals surface area contributed by atoms with Crippen molar-refractivity contribution in [2.45, 2.75) is 20.4 Å². The van der Waals surface area contributed by atoms with Crippen LogP contribution in [0.4, 0.5) is 5.69 Å². The van der Waals surface area contributed by atoms with Gasteiger partial charge in [0.05, 0.1) is 11.1 Å². The zero-order valence-corrected chi connectivity index (χ0v) is 12.0. The van der Waals surface area contributed by atoms with Crippen molar-refractivity contribution in [3.63, 3.8) is 0 Å². The number of aromatic nitrogens is 1. The van der Waals surface area contributed by atoms with Crippen LogP contribution in [0.2, 0.25) is 0 Å². The molecule has 1 aromatic carbocycles. The van der Waals surface area contributed by atoms with Crippen LogP contribution >= 0.6 is 0 Å². The molecule has 0 amide bonds. The first kappa shape index (κ1) is 14.9. The first-order chi connectivity index (χ1) is 10.1. The number of rotatable bonds is 6. The van der Waals surface area contributed by atoms with Gasteiger partial charge in [-0.3, -0.25) is 15.1 Å². The van der Waals surface area contributed by atoms with Gasteiger partial charge in [0.2, 0.25) is 5.75 Å². The van der Waals surface area contributed by atoms with E-state index < -0.39 is 4.92 Å². The number of aryl methyl sites for hydroxylation is 1. The first-order valence-electron chi connectivity index (χ1n) is 6.68. The van der Waals surface area contributed by atoms with Gasteiger partial charge in [0.15, 0.2) is 0 Å². The highest BCUT2D eigenvalue weighted by molar-refractivity contribution is 5.53. The monoisotopic (exact) mass is 287 g/mol. The lowest BCUT2D eigenvalue weighted by Crippen LogP contribution is -2.11. The summed E-state index contributed by atoms with van der Waals surface area (Å²) in [4.78, 5) is 14.8. The fraction of sp³-hybridized carbons (Fsp3) is 0.267. The number of nitrogens with zero attached hydrogens (tertiary/aromatic N) is 2. The Bertz CT molecular complexity index is 644. The highest BCUT2D eigenvalue weighted by Gasteiger charge is 2.18. The van der Waals surface area contributed by atoms with Crippen molar-refractivity contribution in [3.05, 3.63) is 57.9 Å². The minimum absolute atomic E-state index is 0.0189. The van der Waals surface area contributed by atoms with Gasteiger partial charge in [0.25, 0.3) is 0 Å². The Morgan fingerprint density at radius 1 is 1.38 bits per heavy atom. The number of hydrogen-bond donors (Lipinski definition) is 1. The molecule has 2 rings (SSSR count). The van der Waals surface area contributed by atoms with Crippen molar-refractivity contribution in [3.8, 4) is 11.5 Å². The summed E-state index contributed by atoms with van der Waals surface area (Å²) in [7, 11) is 0. The van der Waals surface area contributed by atoms with E-state index in [1.807, 2.05) is 13.0 Å². The maximum Gasteiger partial charge on any atom is 0.314 e. The van der Waals surface area contributed by atoms with Crippen LogP contribution < -0.4 is 10.1 Å². The van der Waals surface area contributed by atoms with Gasteiger partial charge in [-0.25, -0.2) is 0 Å². The summed E-state index contributed by atoms with van der Waals surface area (Å²) in [6, 6.07) is 6.82. The molecule has 2 aromatic rings. The van der Waals surface area contributed by atoms with E-state index in [1.54, 1.807) is 37.5 Å². The Hall–Kier alpha value is -2.47. The lowest BCUT2D eigenvalue weighted by atomic mass is 10.2. The number of ether oxygens (including phenoxy) is 1. The first-order valence-corrected chi connectivity index (χ1v) is 6.68. The van der Waals surface area contributed by atoms with Crippen molar-refractivity contribution in [2.24, 2.45) is 0 Å². The molecule has 0 bridgehead atoms. The van der Waals surface area contributed by atoms with Crippen LogP contribution in [0.1, 0.15) is 18.1 Å². The Morgan fingerprint density at radius 3 is 2.90 bits per heavy atom. The SMILES string of the molecule is CCNCc1cncc(Oc2cccc(C)c2[N+](=O)[O-])c1. The van der Waals surface area contributed by atoms with Gasteiger partial charge in [-0.1, -0.05) is 19.1 Å². The van der Waals surface area contributed by atoms with E-state index >= 15 is 0 Å². The molecule has 0 saturated carbocycles. The largest absolute Gasteiger partial charge is 0.448 e. The van der Waals surface area contributed by atoms with Crippen LogP contribution in [-0.4, -0.2) is 16.5 Å². The fourth-order valence-corrected chi connectivity index (χ4v) is 1.96. The number of nitro benzene ring substituents is 1. The summed E-state index contributed by atoms with van der Waals surface area (Å²) in [6.45, 7) is 5.24. The molecular formula is C15H17N3O3. The second-order valence-corrected chi connectivity index (χ2v) is 4.59. The highest BCUT2D eigenvalue weighted by atomic mass is 16.6. The second-order valence-electron chi connectivity index (χ2n) is 4.59. The predicted octanol–water partition coefficient (Wildman–Crippen LogP) is 3.20. The molecule has 0 saturated heterocycles. The van der Waals surface area contributed by atoms with E-state index in [-0.39, 0.29) is 11.4 Å². The lowest BCUT2D eigenvalue weighted by Gasteiger charge is -2.09. The normalized spacial score (nSPS) is 10.4. The summed E-state index contributed by atoms with van der Waals surface area (Å²) >= 11 is 0. The molecule has 0 unspecified atom stereocenters. The molecule has 6 heteroatoms.